The molecule has 0 aliphatic heterocycles. The van der Waals surface area contributed by atoms with Gasteiger partial charge in [-0.15, -0.1) is 0 Å². The summed E-state index contributed by atoms with van der Waals surface area (Å²) in [6, 6.07) is 0. The van der Waals surface area contributed by atoms with Gasteiger partial charge >= 0.3 is 0 Å². The normalized spacial score (nSPS) is 9.93. The Kier molecular flexibility index (Phi) is 12.4. The lowest BCUT2D eigenvalue weighted by Crippen LogP contribution is -2.15. The third-order valence-corrected chi connectivity index (χ3v) is 1.39. The van der Waals surface area contributed by atoms with Crippen molar-refractivity contribution in [2.24, 2.45) is 5.11 Å². The lowest BCUT2D eigenvalue weighted by atomic mass is 10.7. The van der Waals surface area contributed by atoms with E-state index in [4.69, 9.17) is 19.7 Å². The SMILES string of the molecule is CNCOCCOCCOCCN=[N+]=[N-]. The van der Waals surface area contributed by atoms with E-state index in [1.54, 1.807) is 0 Å². The second-order valence-corrected chi connectivity index (χ2v) is 2.59. The highest BCUT2D eigenvalue weighted by atomic mass is 16.5. The first-order valence-electron chi connectivity index (χ1n) is 4.80. The molecule has 0 heterocycles. The standard InChI is InChI=1S/C8H18N4O3/c1-10-8-15-7-6-14-5-4-13-3-2-11-12-9/h10H,2-8H2,1H3. The molecule has 0 aliphatic carbocycles. The van der Waals surface area contributed by atoms with Gasteiger partial charge in [-0.2, -0.15) is 0 Å². The summed E-state index contributed by atoms with van der Waals surface area (Å²) in [6.07, 6.45) is 0. The molecule has 0 radical (unpaired) electrons. The van der Waals surface area contributed by atoms with Crippen LogP contribution in [0.25, 0.3) is 10.4 Å². The molecule has 0 aromatic rings. The second kappa shape index (κ2) is 13.2. The van der Waals surface area contributed by atoms with Crippen LogP contribution in [-0.2, 0) is 14.2 Å². The Hall–Kier alpha value is -0.850. The molecular formula is C8H18N4O3. The lowest BCUT2D eigenvalue weighted by Gasteiger charge is -2.05. The number of hydrogen-bond donors (Lipinski definition) is 1. The van der Waals surface area contributed by atoms with Crippen LogP contribution in [0.2, 0.25) is 0 Å². The van der Waals surface area contributed by atoms with Gasteiger partial charge < -0.3 is 14.2 Å². The number of hydrogen-bond acceptors (Lipinski definition) is 5. The fourth-order valence-electron chi connectivity index (χ4n) is 0.764. The molecule has 0 bridgehead atoms. The molecule has 0 amide bonds. The average Bonchev–Trinajstić information content (AvgIpc) is 2.26. The van der Waals surface area contributed by atoms with Crippen molar-refractivity contribution in [1.29, 1.82) is 0 Å². The van der Waals surface area contributed by atoms with Gasteiger partial charge in [0.15, 0.2) is 0 Å². The summed E-state index contributed by atoms with van der Waals surface area (Å²) in [5.74, 6) is 0. The smallest absolute Gasteiger partial charge is 0.0963 e. The highest BCUT2D eigenvalue weighted by molar-refractivity contribution is 4.43. The van der Waals surface area contributed by atoms with Crippen molar-refractivity contribution in [3.05, 3.63) is 10.4 Å². The van der Waals surface area contributed by atoms with Gasteiger partial charge in [0.25, 0.3) is 0 Å². The zero-order valence-corrected chi connectivity index (χ0v) is 9.02. The summed E-state index contributed by atoms with van der Waals surface area (Å²) in [7, 11) is 1.82. The molecule has 1 N–H and O–H groups in total. The Morgan fingerprint density at radius 3 is 2.27 bits per heavy atom. The van der Waals surface area contributed by atoms with E-state index in [1.165, 1.54) is 0 Å². The van der Waals surface area contributed by atoms with Crippen molar-refractivity contribution in [1.82, 2.24) is 5.32 Å². The van der Waals surface area contributed by atoms with Crippen molar-refractivity contribution >= 4 is 0 Å². The zero-order valence-electron chi connectivity index (χ0n) is 9.02. The molecule has 0 aliphatic rings. The molecule has 0 fully saturated rings. The Bertz CT molecular complexity index is 173. The minimum Gasteiger partial charge on any atom is -0.379 e. The third-order valence-electron chi connectivity index (χ3n) is 1.39. The van der Waals surface area contributed by atoms with Gasteiger partial charge in [-0.25, -0.2) is 0 Å². The molecule has 0 saturated carbocycles. The quantitative estimate of drug-likeness (QED) is 0.180. The fraction of sp³-hybridized carbons (Fsp3) is 1.00. The molecule has 15 heavy (non-hydrogen) atoms. The summed E-state index contributed by atoms with van der Waals surface area (Å²) in [5.41, 5.74) is 7.97. The van der Waals surface area contributed by atoms with Gasteiger partial charge in [-0.1, -0.05) is 5.11 Å². The van der Waals surface area contributed by atoms with E-state index in [9.17, 15) is 0 Å². The summed E-state index contributed by atoms with van der Waals surface area (Å²) in [5, 5.41) is 6.18. The van der Waals surface area contributed by atoms with E-state index < -0.39 is 0 Å². The molecule has 0 rings (SSSR count). The zero-order chi connectivity index (χ0) is 11.2. The molecule has 0 aromatic heterocycles. The van der Waals surface area contributed by atoms with E-state index >= 15 is 0 Å². The van der Waals surface area contributed by atoms with Crippen molar-refractivity contribution in [2.45, 2.75) is 0 Å². The molecule has 0 unspecified atom stereocenters. The topological polar surface area (TPSA) is 88.5 Å². The van der Waals surface area contributed by atoms with Crippen LogP contribution in [0.4, 0.5) is 0 Å². The van der Waals surface area contributed by atoms with Crippen LogP contribution in [-0.4, -0.2) is 53.4 Å². The van der Waals surface area contributed by atoms with E-state index in [0.717, 1.165) is 0 Å². The predicted octanol–water partition coefficient (Wildman–Crippen LogP) is 0.523. The van der Waals surface area contributed by atoms with Gasteiger partial charge in [0.1, 0.15) is 0 Å². The van der Waals surface area contributed by atoms with E-state index in [1.807, 2.05) is 7.05 Å². The third kappa shape index (κ3) is 13.2. The maximum absolute atomic E-state index is 7.97. The maximum atomic E-state index is 7.97. The van der Waals surface area contributed by atoms with Gasteiger partial charge in [0.2, 0.25) is 0 Å². The molecular weight excluding hydrogens is 200 g/mol. The number of nitrogens with one attached hydrogen (secondary N) is 1. The van der Waals surface area contributed by atoms with E-state index in [2.05, 4.69) is 15.3 Å². The van der Waals surface area contributed by atoms with E-state index in [-0.39, 0.29) is 0 Å². The van der Waals surface area contributed by atoms with Crippen molar-refractivity contribution in [3.8, 4) is 0 Å². The predicted molar refractivity (Wildman–Crippen MR) is 55.5 cm³/mol. The second-order valence-electron chi connectivity index (χ2n) is 2.59. The maximum Gasteiger partial charge on any atom is 0.0963 e. The summed E-state index contributed by atoms with van der Waals surface area (Å²) in [6.45, 7) is 3.49. The number of nitrogens with zero attached hydrogens (tertiary/aromatic N) is 3. The highest BCUT2D eigenvalue weighted by Gasteiger charge is 1.90. The van der Waals surface area contributed by atoms with Crippen LogP contribution in [0.15, 0.2) is 5.11 Å². The van der Waals surface area contributed by atoms with Crippen LogP contribution >= 0.6 is 0 Å². The van der Waals surface area contributed by atoms with Crippen LogP contribution in [0.3, 0.4) is 0 Å². The fourth-order valence-corrected chi connectivity index (χ4v) is 0.764. The van der Waals surface area contributed by atoms with Gasteiger partial charge in [0.05, 0.1) is 39.8 Å². The first kappa shape index (κ1) is 14.2. The largest absolute Gasteiger partial charge is 0.379 e. The summed E-state index contributed by atoms with van der Waals surface area (Å²) < 4.78 is 15.4. The number of rotatable bonds is 11. The summed E-state index contributed by atoms with van der Waals surface area (Å²) >= 11 is 0. The van der Waals surface area contributed by atoms with Crippen LogP contribution in [0.5, 0.6) is 0 Å². The number of azide groups is 1. The van der Waals surface area contributed by atoms with Gasteiger partial charge in [0, 0.05) is 11.5 Å². The first-order valence-corrected chi connectivity index (χ1v) is 4.80. The molecule has 0 aromatic carbocycles. The molecule has 0 spiro atoms. The average molecular weight is 218 g/mol. The van der Waals surface area contributed by atoms with Gasteiger partial charge in [-0.3, -0.25) is 5.32 Å². The van der Waals surface area contributed by atoms with Crippen LogP contribution in [0.1, 0.15) is 0 Å². The van der Waals surface area contributed by atoms with Crippen LogP contribution in [0, 0.1) is 0 Å². The molecule has 0 saturated heterocycles. The first-order chi connectivity index (χ1) is 7.41. The lowest BCUT2D eigenvalue weighted by molar-refractivity contribution is 0.0133. The minimum atomic E-state index is 0.363. The Morgan fingerprint density at radius 1 is 1.07 bits per heavy atom. The van der Waals surface area contributed by atoms with Crippen molar-refractivity contribution in [2.75, 3.05) is 53.4 Å². The highest BCUT2D eigenvalue weighted by Crippen LogP contribution is 1.81. The van der Waals surface area contributed by atoms with Gasteiger partial charge in [-0.05, 0) is 12.6 Å². The minimum absolute atomic E-state index is 0.363. The van der Waals surface area contributed by atoms with E-state index in [0.29, 0.717) is 46.3 Å². The molecule has 88 valence electrons. The monoisotopic (exact) mass is 218 g/mol. The molecule has 0 atom stereocenters. The molecule has 7 nitrogen and oxygen atoms in total. The Balaban J connectivity index is 2.89. The number of ether oxygens (including phenoxy) is 3. The van der Waals surface area contributed by atoms with Crippen molar-refractivity contribution < 1.29 is 14.2 Å². The Morgan fingerprint density at radius 2 is 1.67 bits per heavy atom. The van der Waals surface area contributed by atoms with Crippen molar-refractivity contribution in [3.63, 3.8) is 0 Å². The summed E-state index contributed by atoms with van der Waals surface area (Å²) in [4.78, 5) is 2.60. The van der Waals surface area contributed by atoms with Crippen LogP contribution < -0.4 is 5.32 Å². The molecule has 7 heteroatoms. The Labute approximate surface area is 89.3 Å².